The molecule has 1 aromatic carbocycles. The highest BCUT2D eigenvalue weighted by Crippen LogP contribution is 2.52. The van der Waals surface area contributed by atoms with Crippen LogP contribution in [0.5, 0.6) is 5.75 Å². The van der Waals surface area contributed by atoms with Crippen molar-refractivity contribution in [1.82, 2.24) is 0 Å². The Balaban J connectivity index is 1.92. The number of aromatic hydroxyl groups is 1. The summed E-state index contributed by atoms with van der Waals surface area (Å²) in [5.74, 6) is -4.02. The molecule has 7 nitrogen and oxygen atoms in total. The predicted molar refractivity (Wildman–Crippen MR) is 115 cm³/mol. The maximum atomic E-state index is 13.5. The number of aliphatic hydroxyl groups excluding tert-OH is 2. The highest BCUT2D eigenvalue weighted by molar-refractivity contribution is 6.22. The number of hydrogen-bond acceptors (Lipinski definition) is 7. The van der Waals surface area contributed by atoms with E-state index in [1.54, 1.807) is 0 Å². The lowest BCUT2D eigenvalue weighted by molar-refractivity contribution is -0.127. The van der Waals surface area contributed by atoms with Crippen molar-refractivity contribution in [2.24, 2.45) is 17.8 Å². The lowest BCUT2D eigenvalue weighted by Gasteiger charge is -2.41. The summed E-state index contributed by atoms with van der Waals surface area (Å²) in [5.41, 5.74) is 2.43. The summed E-state index contributed by atoms with van der Waals surface area (Å²) < 4.78 is 0. The number of carbonyl (C=O) groups is 3. The molecule has 0 bridgehead atoms. The number of benzene rings is 1. The molecule has 3 aliphatic carbocycles. The van der Waals surface area contributed by atoms with Gasteiger partial charge in [0, 0.05) is 31.8 Å². The molecule has 7 heteroatoms. The number of ketones is 3. The Morgan fingerprint density at radius 1 is 1.16 bits per heavy atom. The van der Waals surface area contributed by atoms with Crippen LogP contribution in [-0.4, -0.2) is 46.8 Å². The highest BCUT2D eigenvalue weighted by Gasteiger charge is 2.50. The second-order valence-electron chi connectivity index (χ2n) is 8.95. The summed E-state index contributed by atoms with van der Waals surface area (Å²) in [5, 5.41) is 32.7. The van der Waals surface area contributed by atoms with Crippen molar-refractivity contribution in [3.8, 4) is 5.75 Å². The lowest BCUT2D eigenvalue weighted by atomic mass is 9.61. The van der Waals surface area contributed by atoms with Crippen molar-refractivity contribution in [3.63, 3.8) is 0 Å². The zero-order valence-electron chi connectivity index (χ0n) is 18.2. The number of nitrogens with zero attached hydrogens (tertiary/aromatic N) is 1. The van der Waals surface area contributed by atoms with Crippen LogP contribution in [0.4, 0.5) is 5.69 Å². The number of fused-ring (bicyclic) bond motifs is 3. The maximum Gasteiger partial charge on any atom is 0.173 e. The monoisotopic (exact) mass is 425 g/mol. The van der Waals surface area contributed by atoms with Gasteiger partial charge in [-0.15, -0.1) is 0 Å². The molecule has 4 rings (SSSR count). The molecule has 0 spiro atoms. The molecule has 0 saturated heterocycles. The zero-order valence-corrected chi connectivity index (χ0v) is 18.2. The van der Waals surface area contributed by atoms with Crippen LogP contribution in [0.1, 0.15) is 43.4 Å². The van der Waals surface area contributed by atoms with E-state index in [9.17, 15) is 29.7 Å². The molecule has 0 radical (unpaired) electrons. The van der Waals surface area contributed by atoms with Gasteiger partial charge >= 0.3 is 0 Å². The first kappa shape index (κ1) is 21.2. The summed E-state index contributed by atoms with van der Waals surface area (Å²) in [7, 11) is 3.77. The number of phenols is 1. The summed E-state index contributed by atoms with van der Waals surface area (Å²) in [4.78, 5) is 39.7. The van der Waals surface area contributed by atoms with Gasteiger partial charge in [0.15, 0.2) is 17.3 Å². The molecule has 0 aliphatic heterocycles. The summed E-state index contributed by atoms with van der Waals surface area (Å²) in [6.45, 7) is 3.10. The average Bonchev–Trinajstić information content (AvgIpc) is 2.66. The van der Waals surface area contributed by atoms with E-state index in [1.165, 1.54) is 6.92 Å². The first-order valence-electron chi connectivity index (χ1n) is 10.6. The maximum absolute atomic E-state index is 13.5. The van der Waals surface area contributed by atoms with E-state index in [-0.39, 0.29) is 40.6 Å². The summed E-state index contributed by atoms with van der Waals surface area (Å²) in [6.07, 6.45) is 1.44. The standard InChI is InChI=1S/C24H27NO6/c1-5-11-8-15(25(3)4)14-7-12-6-13-9-16(27)17(10(2)26)22(29)19(13)23(30)18(12)24(31)20(14)21(11)28/h8,12-13,19,28-29,31H,5-7,9H2,1-4H3. The quantitative estimate of drug-likeness (QED) is 0.638. The predicted octanol–water partition coefficient (Wildman–Crippen LogP) is 3.04. The second-order valence-corrected chi connectivity index (χ2v) is 8.95. The molecular formula is C24H27NO6. The number of aliphatic hydroxyl groups is 2. The number of Topliss-reactive ketones (excluding diaryl/α,β-unsaturated/α-hetero) is 3. The summed E-state index contributed by atoms with van der Waals surface area (Å²) >= 11 is 0. The molecule has 0 heterocycles. The van der Waals surface area contributed by atoms with Gasteiger partial charge in [0.2, 0.25) is 0 Å². The molecule has 1 aromatic rings. The van der Waals surface area contributed by atoms with E-state index < -0.39 is 34.9 Å². The SMILES string of the molecule is CCc1cc(N(C)C)c2c(c1O)C(O)=C1C(=O)C3C(O)=C(C(C)=O)C(=O)CC3CC1C2. The van der Waals surface area contributed by atoms with Crippen LogP contribution in [0.15, 0.2) is 23.0 Å². The van der Waals surface area contributed by atoms with Crippen LogP contribution in [-0.2, 0) is 27.2 Å². The van der Waals surface area contributed by atoms with E-state index in [1.807, 2.05) is 32.0 Å². The van der Waals surface area contributed by atoms with Crippen molar-refractivity contribution in [2.75, 3.05) is 19.0 Å². The minimum absolute atomic E-state index is 0.0212. The van der Waals surface area contributed by atoms with Crippen LogP contribution in [0.25, 0.3) is 5.76 Å². The highest BCUT2D eigenvalue weighted by atomic mass is 16.3. The third-order valence-electron chi connectivity index (χ3n) is 6.91. The van der Waals surface area contributed by atoms with Crippen molar-refractivity contribution in [3.05, 3.63) is 39.7 Å². The first-order chi connectivity index (χ1) is 14.6. The van der Waals surface area contributed by atoms with Gasteiger partial charge in [0.25, 0.3) is 0 Å². The van der Waals surface area contributed by atoms with Crippen LogP contribution in [0.3, 0.4) is 0 Å². The number of anilines is 1. The minimum atomic E-state index is -1.02. The third kappa shape index (κ3) is 2.98. The molecule has 0 amide bonds. The number of allylic oxidation sites excluding steroid dienone is 3. The van der Waals surface area contributed by atoms with E-state index >= 15 is 0 Å². The minimum Gasteiger partial charge on any atom is -0.511 e. The van der Waals surface area contributed by atoms with E-state index in [2.05, 4.69) is 0 Å². The second kappa shape index (κ2) is 7.25. The van der Waals surface area contributed by atoms with Gasteiger partial charge in [-0.2, -0.15) is 0 Å². The molecule has 164 valence electrons. The Hall–Kier alpha value is -3.09. The number of hydrogen-bond donors (Lipinski definition) is 3. The average molecular weight is 425 g/mol. The van der Waals surface area contributed by atoms with Crippen molar-refractivity contribution < 1.29 is 29.7 Å². The molecule has 3 N–H and O–H groups in total. The Morgan fingerprint density at radius 2 is 1.84 bits per heavy atom. The van der Waals surface area contributed by atoms with Crippen molar-refractivity contribution >= 4 is 28.8 Å². The lowest BCUT2D eigenvalue weighted by Crippen LogP contribution is -2.43. The smallest absolute Gasteiger partial charge is 0.173 e. The van der Waals surface area contributed by atoms with E-state index in [0.717, 1.165) is 11.3 Å². The van der Waals surface area contributed by atoms with E-state index in [0.29, 0.717) is 24.8 Å². The van der Waals surface area contributed by atoms with Gasteiger partial charge < -0.3 is 20.2 Å². The number of carbonyl (C=O) groups excluding carboxylic acids is 3. The molecule has 0 aromatic heterocycles. The molecule has 3 aliphatic rings. The molecule has 1 fully saturated rings. The molecule has 3 atom stereocenters. The summed E-state index contributed by atoms with van der Waals surface area (Å²) in [6, 6.07) is 1.90. The third-order valence-corrected chi connectivity index (χ3v) is 6.91. The number of rotatable bonds is 3. The van der Waals surface area contributed by atoms with Crippen molar-refractivity contribution in [1.29, 1.82) is 0 Å². The molecular weight excluding hydrogens is 398 g/mol. The van der Waals surface area contributed by atoms with Crippen molar-refractivity contribution in [2.45, 2.75) is 39.5 Å². The van der Waals surface area contributed by atoms with Gasteiger partial charge in [-0.05, 0) is 55.2 Å². The molecule has 3 unspecified atom stereocenters. The Bertz CT molecular complexity index is 1090. The Kier molecular flexibility index (Phi) is 4.95. The first-order valence-corrected chi connectivity index (χ1v) is 10.6. The topological polar surface area (TPSA) is 115 Å². The fourth-order valence-electron chi connectivity index (χ4n) is 5.52. The normalized spacial score (nSPS) is 25.2. The number of phenolic OH excluding ortho intramolecular Hbond substituents is 1. The van der Waals surface area contributed by atoms with E-state index in [4.69, 9.17) is 0 Å². The van der Waals surface area contributed by atoms with Crippen LogP contribution in [0, 0.1) is 17.8 Å². The molecule has 31 heavy (non-hydrogen) atoms. The van der Waals surface area contributed by atoms with Gasteiger partial charge in [-0.25, -0.2) is 0 Å². The largest absolute Gasteiger partial charge is 0.511 e. The Labute approximate surface area is 180 Å². The number of aryl methyl sites for hydroxylation is 1. The van der Waals surface area contributed by atoms with Gasteiger partial charge in [-0.3, -0.25) is 14.4 Å². The fourth-order valence-corrected chi connectivity index (χ4v) is 5.52. The van der Waals surface area contributed by atoms with Crippen LogP contribution >= 0.6 is 0 Å². The van der Waals surface area contributed by atoms with Gasteiger partial charge in [0.1, 0.15) is 17.3 Å². The zero-order chi connectivity index (χ0) is 22.8. The van der Waals surface area contributed by atoms with Gasteiger partial charge in [-0.1, -0.05) is 6.92 Å². The van der Waals surface area contributed by atoms with Crippen LogP contribution < -0.4 is 4.90 Å². The Morgan fingerprint density at radius 3 is 2.42 bits per heavy atom. The molecule has 1 saturated carbocycles. The fraction of sp³-hybridized carbons (Fsp3) is 0.458. The van der Waals surface area contributed by atoms with Crippen LogP contribution in [0.2, 0.25) is 0 Å². The van der Waals surface area contributed by atoms with Gasteiger partial charge in [0.05, 0.1) is 17.1 Å².